The minimum atomic E-state index is -0.106. The maximum Gasteiger partial charge on any atom is 0.270 e. The third kappa shape index (κ3) is 2.04. The number of rotatable bonds is 1. The number of nitrogens with one attached hydrogen (secondary N) is 2. The SMILES string of the molecule is O=C1NNC(=Cc2cccc3ccccc23)c2ccccc21. The summed E-state index contributed by atoms with van der Waals surface area (Å²) in [5.74, 6) is -0.106. The summed E-state index contributed by atoms with van der Waals surface area (Å²) < 4.78 is 0. The highest BCUT2D eigenvalue weighted by atomic mass is 16.2. The lowest BCUT2D eigenvalue weighted by Crippen LogP contribution is -2.40. The molecule has 2 N–H and O–H groups in total. The largest absolute Gasteiger partial charge is 0.298 e. The van der Waals surface area contributed by atoms with Crippen molar-refractivity contribution in [2.75, 3.05) is 0 Å². The van der Waals surface area contributed by atoms with Crippen molar-refractivity contribution >= 4 is 28.5 Å². The van der Waals surface area contributed by atoms with Crippen molar-refractivity contribution in [1.82, 2.24) is 10.9 Å². The number of hydrazine groups is 1. The summed E-state index contributed by atoms with van der Waals surface area (Å²) in [6.45, 7) is 0. The number of benzene rings is 3. The molecule has 3 heteroatoms. The summed E-state index contributed by atoms with van der Waals surface area (Å²) in [6.07, 6.45) is 2.07. The van der Waals surface area contributed by atoms with Gasteiger partial charge in [0.25, 0.3) is 5.91 Å². The lowest BCUT2D eigenvalue weighted by atomic mass is 9.98. The first-order valence-electron chi connectivity index (χ1n) is 7.18. The van der Waals surface area contributed by atoms with Gasteiger partial charge in [-0.3, -0.25) is 15.6 Å². The number of amides is 1. The summed E-state index contributed by atoms with van der Waals surface area (Å²) in [5, 5.41) is 2.39. The number of carbonyl (C=O) groups is 1. The predicted octanol–water partition coefficient (Wildman–Crippen LogP) is 3.59. The van der Waals surface area contributed by atoms with Crippen molar-refractivity contribution in [2.24, 2.45) is 0 Å². The van der Waals surface area contributed by atoms with Crippen LogP contribution in [0.15, 0.2) is 66.7 Å². The zero-order valence-corrected chi connectivity index (χ0v) is 11.8. The monoisotopic (exact) mass is 286 g/mol. The van der Waals surface area contributed by atoms with E-state index in [1.54, 1.807) is 0 Å². The lowest BCUT2D eigenvalue weighted by Gasteiger charge is -2.21. The molecule has 4 rings (SSSR count). The van der Waals surface area contributed by atoms with Gasteiger partial charge in [0.05, 0.1) is 11.3 Å². The predicted molar refractivity (Wildman–Crippen MR) is 88.9 cm³/mol. The smallest absolute Gasteiger partial charge is 0.270 e. The third-order valence-electron chi connectivity index (χ3n) is 3.90. The molecule has 106 valence electrons. The van der Waals surface area contributed by atoms with E-state index in [0.29, 0.717) is 5.56 Å². The van der Waals surface area contributed by atoms with Crippen LogP contribution in [0.4, 0.5) is 0 Å². The van der Waals surface area contributed by atoms with Gasteiger partial charge in [0.15, 0.2) is 0 Å². The van der Waals surface area contributed by atoms with E-state index >= 15 is 0 Å². The first-order chi connectivity index (χ1) is 10.8. The van der Waals surface area contributed by atoms with Crippen LogP contribution in [0.3, 0.4) is 0 Å². The third-order valence-corrected chi connectivity index (χ3v) is 3.90. The maximum atomic E-state index is 11.9. The van der Waals surface area contributed by atoms with Crippen molar-refractivity contribution in [2.45, 2.75) is 0 Å². The number of carbonyl (C=O) groups excluding carboxylic acids is 1. The van der Waals surface area contributed by atoms with Gasteiger partial charge in [-0.25, -0.2) is 0 Å². The van der Waals surface area contributed by atoms with E-state index in [1.165, 1.54) is 10.8 Å². The molecule has 1 aliphatic rings. The van der Waals surface area contributed by atoms with Crippen molar-refractivity contribution < 1.29 is 4.79 Å². The average Bonchev–Trinajstić information content (AvgIpc) is 2.58. The second kappa shape index (κ2) is 5.04. The fraction of sp³-hybridized carbons (Fsp3) is 0. The van der Waals surface area contributed by atoms with Crippen LogP contribution in [-0.2, 0) is 0 Å². The van der Waals surface area contributed by atoms with Crippen molar-refractivity contribution in [1.29, 1.82) is 0 Å². The van der Waals surface area contributed by atoms with Crippen LogP contribution in [0.1, 0.15) is 21.5 Å². The molecule has 0 unspecified atom stereocenters. The molecule has 3 nitrogen and oxygen atoms in total. The first kappa shape index (κ1) is 12.7. The molecule has 0 spiro atoms. The number of hydrogen-bond acceptors (Lipinski definition) is 2. The van der Waals surface area contributed by atoms with Crippen molar-refractivity contribution in [3.05, 3.63) is 83.4 Å². The molecule has 0 aromatic heterocycles. The van der Waals surface area contributed by atoms with E-state index in [9.17, 15) is 4.79 Å². The van der Waals surface area contributed by atoms with Gasteiger partial charge in [0, 0.05) is 5.56 Å². The van der Waals surface area contributed by atoms with Crippen LogP contribution in [0.2, 0.25) is 0 Å². The Morgan fingerprint density at radius 2 is 1.45 bits per heavy atom. The summed E-state index contributed by atoms with van der Waals surface area (Å²) >= 11 is 0. The molecule has 3 aromatic rings. The van der Waals surface area contributed by atoms with Gasteiger partial charge in [-0.1, -0.05) is 60.7 Å². The zero-order valence-electron chi connectivity index (χ0n) is 11.8. The number of hydrogen-bond donors (Lipinski definition) is 2. The van der Waals surface area contributed by atoms with Gasteiger partial charge in [0.1, 0.15) is 0 Å². The lowest BCUT2D eigenvalue weighted by molar-refractivity contribution is 0.0937. The molecule has 0 saturated heterocycles. The molecule has 1 aliphatic heterocycles. The van der Waals surface area contributed by atoms with Crippen molar-refractivity contribution in [3.63, 3.8) is 0 Å². The molecule has 0 saturated carbocycles. The Balaban J connectivity index is 1.90. The molecule has 3 aromatic carbocycles. The minimum Gasteiger partial charge on any atom is -0.298 e. The van der Waals surface area contributed by atoms with E-state index in [-0.39, 0.29) is 5.91 Å². The molecule has 0 aliphatic carbocycles. The molecule has 0 fully saturated rings. The Labute approximate surface area is 128 Å². The maximum absolute atomic E-state index is 11.9. The van der Waals surface area contributed by atoms with Crippen molar-refractivity contribution in [3.8, 4) is 0 Å². The van der Waals surface area contributed by atoms with Gasteiger partial charge in [-0.05, 0) is 28.5 Å². The highest BCUT2D eigenvalue weighted by Crippen LogP contribution is 2.26. The van der Waals surface area contributed by atoms with Gasteiger partial charge in [0.2, 0.25) is 0 Å². The fourth-order valence-corrected chi connectivity index (χ4v) is 2.82. The van der Waals surface area contributed by atoms with Gasteiger partial charge < -0.3 is 0 Å². The Morgan fingerprint density at radius 1 is 0.727 bits per heavy atom. The Kier molecular flexibility index (Phi) is 2.90. The van der Waals surface area contributed by atoms with E-state index in [4.69, 9.17) is 0 Å². The molecule has 22 heavy (non-hydrogen) atoms. The molecule has 0 bridgehead atoms. The van der Waals surface area contributed by atoms with Gasteiger partial charge >= 0.3 is 0 Å². The van der Waals surface area contributed by atoms with E-state index in [2.05, 4.69) is 41.2 Å². The molecule has 1 heterocycles. The quantitative estimate of drug-likeness (QED) is 0.718. The molecular weight excluding hydrogens is 272 g/mol. The normalized spacial score (nSPS) is 15.3. The summed E-state index contributed by atoms with van der Waals surface area (Å²) in [4.78, 5) is 11.9. The summed E-state index contributed by atoms with van der Waals surface area (Å²) in [7, 11) is 0. The molecule has 0 atom stereocenters. The summed E-state index contributed by atoms with van der Waals surface area (Å²) in [6, 6.07) is 22.1. The highest BCUT2D eigenvalue weighted by Gasteiger charge is 2.19. The standard InChI is InChI=1S/C19H14N2O/c22-19-17-11-4-3-10-16(17)18(20-21-19)12-14-8-5-7-13-6-1-2-9-15(13)14/h1-12,20H,(H,21,22). The topological polar surface area (TPSA) is 41.1 Å². The Hall–Kier alpha value is -3.07. The Morgan fingerprint density at radius 3 is 2.36 bits per heavy atom. The minimum absolute atomic E-state index is 0.106. The van der Waals surface area contributed by atoms with Crippen LogP contribution in [0.25, 0.3) is 22.5 Å². The second-order valence-corrected chi connectivity index (χ2v) is 5.25. The second-order valence-electron chi connectivity index (χ2n) is 5.25. The molecule has 1 amide bonds. The van der Waals surface area contributed by atoms with E-state index in [0.717, 1.165) is 16.8 Å². The van der Waals surface area contributed by atoms with E-state index < -0.39 is 0 Å². The van der Waals surface area contributed by atoms with Gasteiger partial charge in [-0.2, -0.15) is 0 Å². The summed E-state index contributed by atoms with van der Waals surface area (Å²) in [5.41, 5.74) is 9.31. The molecule has 0 radical (unpaired) electrons. The molecular formula is C19H14N2O. The Bertz CT molecular complexity index is 907. The highest BCUT2D eigenvalue weighted by molar-refractivity contribution is 6.05. The number of fused-ring (bicyclic) bond motifs is 2. The van der Waals surface area contributed by atoms with Gasteiger partial charge in [-0.15, -0.1) is 0 Å². The van der Waals surface area contributed by atoms with Crippen LogP contribution in [-0.4, -0.2) is 5.91 Å². The average molecular weight is 286 g/mol. The van der Waals surface area contributed by atoms with Crippen LogP contribution in [0, 0.1) is 0 Å². The van der Waals surface area contributed by atoms with E-state index in [1.807, 2.05) is 42.5 Å². The first-order valence-corrected chi connectivity index (χ1v) is 7.18. The zero-order chi connectivity index (χ0) is 14.9. The van der Waals surface area contributed by atoms with Crippen LogP contribution < -0.4 is 10.9 Å². The van der Waals surface area contributed by atoms with Crippen LogP contribution in [0.5, 0.6) is 0 Å². The van der Waals surface area contributed by atoms with Crippen LogP contribution >= 0.6 is 0 Å². The fourth-order valence-electron chi connectivity index (χ4n) is 2.82.